The van der Waals surface area contributed by atoms with Crippen molar-refractivity contribution in [3.05, 3.63) is 75.5 Å². The monoisotopic (exact) mass is 457 g/mol. The van der Waals surface area contributed by atoms with Crippen LogP contribution in [0, 0.1) is 17.1 Å². The van der Waals surface area contributed by atoms with Gasteiger partial charge in [-0.1, -0.05) is 0 Å². The van der Waals surface area contributed by atoms with Crippen LogP contribution in [0.25, 0.3) is 22.4 Å². The third kappa shape index (κ3) is 3.38. The van der Waals surface area contributed by atoms with E-state index in [1.54, 1.807) is 45.5 Å². The predicted molar refractivity (Wildman–Crippen MR) is 122 cm³/mol. The number of aromatic nitrogens is 5. The molecule has 1 aliphatic heterocycles. The molecule has 0 saturated heterocycles. The average Bonchev–Trinajstić information content (AvgIpc) is 3.11. The molecule has 0 saturated carbocycles. The van der Waals surface area contributed by atoms with Gasteiger partial charge < -0.3 is 15.0 Å². The van der Waals surface area contributed by atoms with Crippen LogP contribution in [0.5, 0.6) is 5.75 Å². The second-order valence-corrected chi connectivity index (χ2v) is 8.19. The van der Waals surface area contributed by atoms with Crippen LogP contribution < -0.4 is 16.2 Å². The summed E-state index contributed by atoms with van der Waals surface area (Å²) >= 11 is 0. The van der Waals surface area contributed by atoms with Crippen molar-refractivity contribution in [1.82, 2.24) is 24.3 Å². The quantitative estimate of drug-likeness (QED) is 0.430. The normalized spacial score (nSPS) is 14.5. The van der Waals surface area contributed by atoms with Crippen LogP contribution in [0.15, 0.2) is 41.5 Å². The zero-order valence-electron chi connectivity index (χ0n) is 18.7. The Morgan fingerprint density at radius 1 is 1.29 bits per heavy atom. The maximum absolute atomic E-state index is 14.3. The Kier molecular flexibility index (Phi) is 4.90. The highest BCUT2D eigenvalue weighted by atomic mass is 19.1. The number of hydrogen-bond donors (Lipinski definition) is 1. The van der Waals surface area contributed by atoms with Crippen LogP contribution >= 0.6 is 0 Å². The van der Waals surface area contributed by atoms with Crippen LogP contribution in [-0.4, -0.2) is 24.3 Å². The molecule has 0 fully saturated rings. The van der Waals surface area contributed by atoms with Crippen molar-refractivity contribution in [2.45, 2.75) is 19.4 Å². The molecule has 1 aromatic carbocycles. The summed E-state index contributed by atoms with van der Waals surface area (Å²) in [5, 5.41) is 14.4. The molecule has 5 rings (SSSR count). The van der Waals surface area contributed by atoms with E-state index in [0.717, 1.165) is 0 Å². The number of nitrogen functional groups attached to an aromatic ring is 1. The zero-order valence-corrected chi connectivity index (χ0v) is 18.7. The number of nitriles is 1. The summed E-state index contributed by atoms with van der Waals surface area (Å²) in [7, 11) is 3.30. The first-order valence-corrected chi connectivity index (χ1v) is 10.5. The number of hydrogen-bond acceptors (Lipinski definition) is 7. The van der Waals surface area contributed by atoms with Crippen LogP contribution in [0.3, 0.4) is 0 Å². The lowest BCUT2D eigenvalue weighted by molar-refractivity contribution is 0.227. The van der Waals surface area contributed by atoms with Gasteiger partial charge in [0.15, 0.2) is 11.6 Å². The molecule has 3 aromatic heterocycles. The number of benzene rings is 1. The molecule has 10 heteroatoms. The molecule has 4 aromatic rings. The SMILES string of the molecule is C[C@H]1Oc2cc(cnc2N)-c2c(nn(C)c2C#N)Cc2cn(C)c(=O)nc2-c2ccc(F)cc21. The van der Waals surface area contributed by atoms with Crippen LogP contribution in [0.1, 0.15) is 35.5 Å². The third-order valence-electron chi connectivity index (χ3n) is 5.93. The standard InChI is InChI=1S/C24H20FN7O2/c1-12-17-8-15(25)4-5-16(17)22-14(11-31(2)24(33)29-22)6-18-21(19(9-26)32(3)30-18)13-7-20(34-12)23(27)28-10-13/h4-5,7-8,10-12H,6H2,1-3H3,(H2,27,28)/t12-/m1/s1. The highest BCUT2D eigenvalue weighted by Gasteiger charge is 2.25. The molecule has 0 radical (unpaired) electrons. The lowest BCUT2D eigenvalue weighted by Gasteiger charge is -2.21. The molecule has 170 valence electrons. The second-order valence-electron chi connectivity index (χ2n) is 8.19. The van der Waals surface area contributed by atoms with E-state index in [1.165, 1.54) is 21.4 Å². The number of halogens is 1. The maximum Gasteiger partial charge on any atom is 0.347 e. The number of fused-ring (bicyclic) bond motifs is 7. The molecule has 0 amide bonds. The first-order chi connectivity index (χ1) is 16.3. The molecule has 0 spiro atoms. The topological polar surface area (TPSA) is 125 Å². The maximum atomic E-state index is 14.3. The fraction of sp³-hybridized carbons (Fsp3) is 0.208. The molecule has 1 aliphatic rings. The summed E-state index contributed by atoms with van der Waals surface area (Å²) in [6, 6.07) is 8.17. The Morgan fingerprint density at radius 3 is 2.85 bits per heavy atom. The van der Waals surface area contributed by atoms with Crippen molar-refractivity contribution in [3.8, 4) is 34.2 Å². The summed E-state index contributed by atoms with van der Waals surface area (Å²) in [4.78, 5) is 21.1. The number of rotatable bonds is 0. The van der Waals surface area contributed by atoms with Gasteiger partial charge in [-0.2, -0.15) is 15.3 Å². The van der Waals surface area contributed by atoms with Crippen molar-refractivity contribution < 1.29 is 9.13 Å². The van der Waals surface area contributed by atoms with Crippen molar-refractivity contribution in [2.24, 2.45) is 14.1 Å². The first kappa shape index (κ1) is 21.3. The van der Waals surface area contributed by atoms with Gasteiger partial charge in [-0.15, -0.1) is 0 Å². The largest absolute Gasteiger partial charge is 0.482 e. The van der Waals surface area contributed by atoms with E-state index in [0.29, 0.717) is 44.9 Å². The number of aryl methyl sites for hydroxylation is 2. The summed E-state index contributed by atoms with van der Waals surface area (Å²) in [5.41, 5.74) is 9.93. The van der Waals surface area contributed by atoms with Gasteiger partial charge in [-0.3, -0.25) is 4.68 Å². The van der Waals surface area contributed by atoms with Crippen molar-refractivity contribution >= 4 is 5.82 Å². The minimum Gasteiger partial charge on any atom is -0.482 e. The van der Waals surface area contributed by atoms with Gasteiger partial charge >= 0.3 is 5.69 Å². The van der Waals surface area contributed by atoms with E-state index in [2.05, 4.69) is 21.1 Å². The zero-order chi connectivity index (χ0) is 24.1. The Labute approximate surface area is 193 Å². The van der Waals surface area contributed by atoms with Gasteiger partial charge in [-0.25, -0.2) is 14.2 Å². The number of nitrogens with zero attached hydrogens (tertiary/aromatic N) is 6. The highest BCUT2D eigenvalue weighted by Crippen LogP contribution is 2.38. The smallest absolute Gasteiger partial charge is 0.347 e. The molecule has 0 unspecified atom stereocenters. The molecule has 2 bridgehead atoms. The Morgan fingerprint density at radius 2 is 2.09 bits per heavy atom. The summed E-state index contributed by atoms with van der Waals surface area (Å²) in [6.07, 6.45) is 2.87. The summed E-state index contributed by atoms with van der Waals surface area (Å²) in [6.45, 7) is 1.76. The minimum atomic E-state index is -0.646. The Balaban J connectivity index is 1.88. The van der Waals surface area contributed by atoms with Crippen LogP contribution in [0.4, 0.5) is 10.2 Å². The van der Waals surface area contributed by atoms with Gasteiger partial charge in [0.1, 0.15) is 23.7 Å². The van der Waals surface area contributed by atoms with Crippen LogP contribution in [-0.2, 0) is 20.5 Å². The molecule has 1 atom stereocenters. The Bertz CT molecular complexity index is 1570. The lowest BCUT2D eigenvalue weighted by Crippen LogP contribution is -2.22. The lowest BCUT2D eigenvalue weighted by atomic mass is 9.94. The summed E-state index contributed by atoms with van der Waals surface area (Å²) in [5.74, 6) is -0.00390. The van der Waals surface area contributed by atoms with Gasteiger partial charge in [0.2, 0.25) is 0 Å². The van der Waals surface area contributed by atoms with E-state index >= 15 is 0 Å². The van der Waals surface area contributed by atoms with Crippen molar-refractivity contribution in [2.75, 3.05) is 5.73 Å². The van der Waals surface area contributed by atoms with Crippen molar-refractivity contribution in [3.63, 3.8) is 0 Å². The van der Waals surface area contributed by atoms with Crippen LogP contribution in [0.2, 0.25) is 0 Å². The number of anilines is 1. The van der Waals surface area contributed by atoms with E-state index in [-0.39, 0.29) is 18.0 Å². The molecular weight excluding hydrogens is 437 g/mol. The fourth-order valence-electron chi connectivity index (χ4n) is 4.30. The van der Waals surface area contributed by atoms with E-state index < -0.39 is 17.6 Å². The van der Waals surface area contributed by atoms with Gasteiger partial charge in [0.05, 0.1) is 11.4 Å². The van der Waals surface area contributed by atoms with Crippen molar-refractivity contribution in [1.29, 1.82) is 5.26 Å². The number of ether oxygens (including phenoxy) is 1. The fourth-order valence-corrected chi connectivity index (χ4v) is 4.30. The van der Waals surface area contributed by atoms with Gasteiger partial charge in [0, 0.05) is 60.7 Å². The molecule has 4 heterocycles. The summed E-state index contributed by atoms with van der Waals surface area (Å²) < 4.78 is 23.3. The molecule has 34 heavy (non-hydrogen) atoms. The molecular formula is C24H20FN7O2. The average molecular weight is 457 g/mol. The highest BCUT2D eigenvalue weighted by molar-refractivity contribution is 5.75. The first-order valence-electron chi connectivity index (χ1n) is 10.5. The van der Waals surface area contributed by atoms with E-state index in [9.17, 15) is 14.4 Å². The second kappa shape index (κ2) is 7.81. The Hall–Kier alpha value is -4.52. The van der Waals surface area contributed by atoms with Gasteiger partial charge in [-0.05, 0) is 31.2 Å². The predicted octanol–water partition coefficient (Wildman–Crippen LogP) is 2.88. The molecule has 0 aliphatic carbocycles. The van der Waals surface area contributed by atoms with E-state index in [4.69, 9.17) is 10.5 Å². The molecule has 9 nitrogen and oxygen atoms in total. The number of nitrogens with two attached hydrogens (primary N) is 1. The molecule has 2 N–H and O–H groups in total. The number of pyridine rings is 1. The third-order valence-corrected chi connectivity index (χ3v) is 5.93. The van der Waals surface area contributed by atoms with E-state index in [1.807, 2.05) is 0 Å². The van der Waals surface area contributed by atoms with Gasteiger partial charge in [0.25, 0.3) is 0 Å². The minimum absolute atomic E-state index is 0.155.